The molecule has 0 spiro atoms. The maximum absolute atomic E-state index is 10.3. The molecule has 0 radical (unpaired) electrons. The number of carbonyl (C=O) groups excluding carboxylic acids is 1. The van der Waals surface area contributed by atoms with Crippen molar-refractivity contribution in [3.8, 4) is 0 Å². The van der Waals surface area contributed by atoms with Gasteiger partial charge in [-0.2, -0.15) is 0 Å². The van der Waals surface area contributed by atoms with Gasteiger partial charge in [-0.25, -0.2) is 0 Å². The van der Waals surface area contributed by atoms with E-state index < -0.39 is 11.5 Å². The lowest BCUT2D eigenvalue weighted by Crippen LogP contribution is -2.34. The molecule has 0 saturated heterocycles. The van der Waals surface area contributed by atoms with Gasteiger partial charge in [0.1, 0.15) is 19.0 Å². The fraction of sp³-hybridized carbons (Fsp3) is 0.833. The Labute approximate surface area is 64.3 Å². The Morgan fingerprint density at radius 2 is 2.27 bits per heavy atom. The van der Waals surface area contributed by atoms with Crippen LogP contribution in [0.1, 0.15) is 13.8 Å². The van der Waals surface area contributed by atoms with Gasteiger partial charge >= 0.3 is 0 Å². The summed E-state index contributed by atoms with van der Waals surface area (Å²) in [6.07, 6.45) is -0.399. The van der Waals surface area contributed by atoms with Crippen LogP contribution in [0.25, 0.3) is 0 Å². The van der Waals surface area contributed by atoms with Gasteiger partial charge in [-0.1, -0.05) is 13.8 Å². The topological polar surface area (TPSA) is 76.0 Å². The predicted octanol–water partition coefficient (Wildman–Crippen LogP) is 0.270. The van der Waals surface area contributed by atoms with Crippen molar-refractivity contribution in [2.75, 3.05) is 6.61 Å². The number of carbonyl (C=O) groups is 1. The zero-order valence-corrected chi connectivity index (χ0v) is 6.48. The SMILES string of the molecule is CC(C)(C=O)C(O)CON=O. The van der Waals surface area contributed by atoms with Gasteiger partial charge in [-0.05, 0) is 0 Å². The summed E-state index contributed by atoms with van der Waals surface area (Å²) in [5.74, 6) is 0. The normalized spacial score (nSPS) is 13.7. The first-order valence-electron chi connectivity index (χ1n) is 3.13. The number of rotatable bonds is 5. The highest BCUT2D eigenvalue weighted by atomic mass is 16.7. The van der Waals surface area contributed by atoms with Crippen molar-refractivity contribution in [2.45, 2.75) is 20.0 Å². The number of aliphatic hydroxyl groups is 1. The van der Waals surface area contributed by atoms with E-state index in [1.165, 1.54) is 0 Å². The van der Waals surface area contributed by atoms with Crippen LogP contribution in [-0.4, -0.2) is 24.1 Å². The molecule has 0 amide bonds. The third kappa shape index (κ3) is 3.08. The average Bonchev–Trinajstić information content (AvgIpc) is 2.00. The van der Waals surface area contributed by atoms with Gasteiger partial charge < -0.3 is 14.7 Å². The largest absolute Gasteiger partial charge is 0.388 e. The monoisotopic (exact) mass is 161 g/mol. The molecule has 5 nitrogen and oxygen atoms in total. The summed E-state index contributed by atoms with van der Waals surface area (Å²) in [4.78, 5) is 23.8. The van der Waals surface area contributed by atoms with E-state index in [0.717, 1.165) is 0 Å². The Morgan fingerprint density at radius 3 is 2.64 bits per heavy atom. The molecule has 1 N–H and O–H groups in total. The van der Waals surface area contributed by atoms with Crippen LogP contribution in [0, 0.1) is 10.3 Å². The second-order valence-electron chi connectivity index (χ2n) is 2.83. The number of nitrogens with zero attached hydrogens (tertiary/aromatic N) is 1. The quantitative estimate of drug-likeness (QED) is 0.356. The minimum absolute atomic E-state index is 0.255. The van der Waals surface area contributed by atoms with Crippen LogP contribution in [0.2, 0.25) is 0 Å². The standard InChI is InChI=1S/C6H11NO4/c1-6(2,4-8)5(9)3-11-7-10/h4-5,9H,3H2,1-2H3. The molecule has 0 aliphatic rings. The van der Waals surface area contributed by atoms with E-state index in [4.69, 9.17) is 5.11 Å². The molecule has 11 heavy (non-hydrogen) atoms. The second-order valence-corrected chi connectivity index (χ2v) is 2.83. The molecular weight excluding hydrogens is 150 g/mol. The van der Waals surface area contributed by atoms with Gasteiger partial charge in [0, 0.05) is 5.41 Å². The molecule has 0 rings (SSSR count). The van der Waals surface area contributed by atoms with Crippen molar-refractivity contribution in [3.63, 3.8) is 0 Å². The van der Waals surface area contributed by atoms with Gasteiger partial charge in [0.25, 0.3) is 0 Å². The molecule has 1 unspecified atom stereocenters. The summed E-state index contributed by atoms with van der Waals surface area (Å²) >= 11 is 0. The Balaban J connectivity index is 3.89. The van der Waals surface area contributed by atoms with Crippen LogP contribution < -0.4 is 0 Å². The highest BCUT2D eigenvalue weighted by Gasteiger charge is 2.27. The lowest BCUT2D eigenvalue weighted by molar-refractivity contribution is -0.123. The first kappa shape index (κ1) is 10.0. The highest BCUT2D eigenvalue weighted by molar-refractivity contribution is 5.58. The third-order valence-electron chi connectivity index (χ3n) is 1.45. The minimum atomic E-state index is -1.00. The fourth-order valence-corrected chi connectivity index (χ4v) is 0.394. The third-order valence-corrected chi connectivity index (χ3v) is 1.45. The van der Waals surface area contributed by atoms with Gasteiger partial charge in [0.2, 0.25) is 0 Å². The first-order valence-corrected chi connectivity index (χ1v) is 3.13. The van der Waals surface area contributed by atoms with E-state index >= 15 is 0 Å². The minimum Gasteiger partial charge on any atom is -0.388 e. The van der Waals surface area contributed by atoms with Crippen LogP contribution in [0.4, 0.5) is 0 Å². The maximum atomic E-state index is 10.3. The smallest absolute Gasteiger partial charge is 0.155 e. The molecule has 0 heterocycles. The molecule has 0 aromatic carbocycles. The van der Waals surface area contributed by atoms with Crippen molar-refractivity contribution in [3.05, 3.63) is 4.91 Å². The fourth-order valence-electron chi connectivity index (χ4n) is 0.394. The molecule has 0 saturated carbocycles. The van der Waals surface area contributed by atoms with Gasteiger partial charge in [0.15, 0.2) is 5.34 Å². The van der Waals surface area contributed by atoms with Crippen molar-refractivity contribution in [1.29, 1.82) is 0 Å². The molecule has 0 bridgehead atoms. The summed E-state index contributed by atoms with van der Waals surface area (Å²) in [6, 6.07) is 0. The molecular formula is C6H11NO4. The first-order chi connectivity index (χ1) is 5.04. The molecule has 0 aliphatic carbocycles. The highest BCUT2D eigenvalue weighted by Crippen LogP contribution is 2.17. The van der Waals surface area contributed by atoms with E-state index in [-0.39, 0.29) is 6.61 Å². The van der Waals surface area contributed by atoms with Gasteiger partial charge in [0.05, 0.1) is 0 Å². The zero-order valence-electron chi connectivity index (χ0n) is 6.48. The molecule has 0 aliphatic heterocycles. The molecule has 0 aromatic heterocycles. The summed E-state index contributed by atoms with van der Waals surface area (Å²) in [5.41, 5.74) is -0.898. The van der Waals surface area contributed by atoms with Crippen molar-refractivity contribution in [1.82, 2.24) is 0 Å². The number of aldehydes is 1. The van der Waals surface area contributed by atoms with Gasteiger partial charge in [-0.3, -0.25) is 0 Å². The second kappa shape index (κ2) is 4.02. The van der Waals surface area contributed by atoms with Crippen LogP contribution in [-0.2, 0) is 9.63 Å². The Hall–Kier alpha value is -0.970. The number of hydrogen-bond acceptors (Lipinski definition) is 5. The van der Waals surface area contributed by atoms with E-state index in [9.17, 15) is 9.70 Å². The summed E-state index contributed by atoms with van der Waals surface area (Å²) in [6.45, 7) is 2.83. The maximum Gasteiger partial charge on any atom is 0.155 e. The van der Waals surface area contributed by atoms with E-state index in [1.54, 1.807) is 13.8 Å². The summed E-state index contributed by atoms with van der Waals surface area (Å²) in [7, 11) is 0. The zero-order chi connectivity index (χ0) is 8.91. The van der Waals surface area contributed by atoms with Crippen LogP contribution in [0.5, 0.6) is 0 Å². The van der Waals surface area contributed by atoms with Gasteiger partial charge in [-0.15, -0.1) is 4.91 Å². The Bertz CT molecular complexity index is 146. The van der Waals surface area contributed by atoms with Crippen molar-refractivity contribution < 1.29 is 14.7 Å². The van der Waals surface area contributed by atoms with Crippen molar-refractivity contribution >= 4 is 6.29 Å². The molecule has 64 valence electrons. The molecule has 1 atom stereocenters. The van der Waals surface area contributed by atoms with Crippen LogP contribution >= 0.6 is 0 Å². The number of hydrogen-bond donors (Lipinski definition) is 1. The molecule has 0 fully saturated rings. The molecule has 5 heteroatoms. The average molecular weight is 161 g/mol. The van der Waals surface area contributed by atoms with E-state index in [1.807, 2.05) is 0 Å². The predicted molar refractivity (Wildman–Crippen MR) is 37.6 cm³/mol. The lowest BCUT2D eigenvalue weighted by atomic mass is 9.89. The van der Waals surface area contributed by atoms with Crippen LogP contribution in [0.15, 0.2) is 5.34 Å². The molecule has 0 aromatic rings. The van der Waals surface area contributed by atoms with E-state index in [2.05, 4.69) is 10.2 Å². The lowest BCUT2D eigenvalue weighted by Gasteiger charge is -2.21. The summed E-state index contributed by atoms with van der Waals surface area (Å²) in [5, 5.41) is 11.3. The Kier molecular flexibility index (Phi) is 3.67. The van der Waals surface area contributed by atoms with Crippen LogP contribution in [0.3, 0.4) is 0 Å². The van der Waals surface area contributed by atoms with Crippen molar-refractivity contribution in [2.24, 2.45) is 10.8 Å². The number of aliphatic hydroxyl groups excluding tert-OH is 1. The summed E-state index contributed by atoms with van der Waals surface area (Å²) < 4.78 is 0. The Morgan fingerprint density at radius 1 is 1.73 bits per heavy atom. The van der Waals surface area contributed by atoms with E-state index in [0.29, 0.717) is 6.29 Å².